The molecule has 0 saturated heterocycles. The zero-order valence-electron chi connectivity index (χ0n) is 13.3. The van der Waals surface area contributed by atoms with Gasteiger partial charge in [-0.05, 0) is 36.1 Å². The number of aromatic nitrogens is 1. The Labute approximate surface area is 143 Å². The molecule has 3 rings (SSSR count). The molecule has 1 heterocycles. The first-order valence-electron chi connectivity index (χ1n) is 7.45. The van der Waals surface area contributed by atoms with Gasteiger partial charge in [-0.1, -0.05) is 35.4 Å². The highest BCUT2D eigenvalue weighted by Gasteiger charge is 2.17. The van der Waals surface area contributed by atoms with Crippen LogP contribution in [-0.4, -0.2) is 10.9 Å². The first-order valence-corrected chi connectivity index (χ1v) is 7.83. The van der Waals surface area contributed by atoms with Gasteiger partial charge in [-0.15, -0.1) is 0 Å². The summed E-state index contributed by atoms with van der Waals surface area (Å²) in [5.74, 6) is -0.541. The monoisotopic (exact) mass is 343 g/mol. The van der Waals surface area contributed by atoms with Crippen LogP contribution in [0.2, 0.25) is 5.02 Å². The van der Waals surface area contributed by atoms with E-state index in [4.69, 9.17) is 11.6 Å². The molecule has 5 heteroatoms. The van der Waals surface area contributed by atoms with E-state index >= 15 is 0 Å². The van der Waals surface area contributed by atoms with E-state index in [-0.39, 0.29) is 17.0 Å². The molecule has 3 nitrogen and oxygen atoms in total. The first-order chi connectivity index (χ1) is 11.4. The van der Waals surface area contributed by atoms with Gasteiger partial charge in [-0.25, -0.2) is 4.39 Å². The third kappa shape index (κ3) is 2.63. The van der Waals surface area contributed by atoms with Crippen LogP contribution in [0, 0.1) is 12.7 Å². The Morgan fingerprint density at radius 1 is 1.17 bits per heavy atom. The third-order valence-corrected chi connectivity index (χ3v) is 4.46. The maximum Gasteiger partial charge on any atom is 0.258 e. The number of hydrogen-bond acceptors (Lipinski definition) is 2. The molecule has 0 spiro atoms. The second kappa shape index (κ2) is 6.21. The van der Waals surface area contributed by atoms with Crippen LogP contribution in [0.25, 0.3) is 21.9 Å². The quantitative estimate of drug-likeness (QED) is 0.673. The molecule has 0 radical (unpaired) electrons. The molecule has 0 aliphatic carbocycles. The van der Waals surface area contributed by atoms with Gasteiger partial charge >= 0.3 is 0 Å². The Kier molecular flexibility index (Phi) is 4.24. The van der Waals surface area contributed by atoms with Crippen LogP contribution in [-0.2, 0) is 18.3 Å². The van der Waals surface area contributed by atoms with Gasteiger partial charge in [0.25, 0.3) is 5.56 Å². The van der Waals surface area contributed by atoms with Crippen molar-refractivity contribution < 1.29 is 9.18 Å². The molecule has 2 aromatic carbocycles. The number of pyridine rings is 1. The number of carbonyl (C=O) groups is 1. The SMILES string of the molecule is Cc1ccc2c(-c3ccc(Cl)c(F)c3)c(CC=O)n(C)c(=O)c2c1. The van der Waals surface area contributed by atoms with Crippen molar-refractivity contribution in [3.63, 3.8) is 0 Å². The predicted molar refractivity (Wildman–Crippen MR) is 94.1 cm³/mol. The zero-order chi connectivity index (χ0) is 17.4. The maximum atomic E-state index is 14.0. The molecule has 0 bridgehead atoms. The summed E-state index contributed by atoms with van der Waals surface area (Å²) in [5.41, 5.74) is 2.58. The van der Waals surface area contributed by atoms with E-state index < -0.39 is 5.82 Å². The number of nitrogens with zero attached hydrogens (tertiary/aromatic N) is 1. The molecule has 0 saturated carbocycles. The van der Waals surface area contributed by atoms with Gasteiger partial charge in [0.05, 0.1) is 5.02 Å². The van der Waals surface area contributed by atoms with Crippen molar-refractivity contribution in [2.45, 2.75) is 13.3 Å². The van der Waals surface area contributed by atoms with Crippen molar-refractivity contribution in [3.05, 3.63) is 68.8 Å². The summed E-state index contributed by atoms with van der Waals surface area (Å²) in [6.45, 7) is 1.90. The van der Waals surface area contributed by atoms with Crippen molar-refractivity contribution in [1.29, 1.82) is 0 Å². The van der Waals surface area contributed by atoms with Crippen molar-refractivity contribution >= 4 is 28.7 Å². The first kappa shape index (κ1) is 16.4. The predicted octanol–water partition coefficient (Wildman–Crippen LogP) is 4.05. The topological polar surface area (TPSA) is 39.1 Å². The lowest BCUT2D eigenvalue weighted by molar-refractivity contribution is -0.107. The number of fused-ring (bicyclic) bond motifs is 1. The molecule has 0 atom stereocenters. The summed E-state index contributed by atoms with van der Waals surface area (Å²) in [7, 11) is 1.62. The number of benzene rings is 2. The van der Waals surface area contributed by atoms with Crippen LogP contribution >= 0.6 is 11.6 Å². The van der Waals surface area contributed by atoms with Crippen molar-refractivity contribution in [1.82, 2.24) is 4.57 Å². The minimum Gasteiger partial charge on any atom is -0.314 e. The van der Waals surface area contributed by atoms with Crippen LogP contribution in [0.3, 0.4) is 0 Å². The van der Waals surface area contributed by atoms with Crippen molar-refractivity contribution in [3.8, 4) is 11.1 Å². The fraction of sp³-hybridized carbons (Fsp3) is 0.158. The lowest BCUT2D eigenvalue weighted by Crippen LogP contribution is -2.22. The molecule has 0 unspecified atom stereocenters. The molecule has 122 valence electrons. The van der Waals surface area contributed by atoms with Gasteiger partial charge in [0.2, 0.25) is 0 Å². The Balaban J connectivity index is 2.49. The Hall–Kier alpha value is -2.46. The largest absolute Gasteiger partial charge is 0.314 e. The lowest BCUT2D eigenvalue weighted by atomic mass is 9.95. The second-order valence-corrected chi connectivity index (χ2v) is 6.14. The Morgan fingerprint density at radius 3 is 2.58 bits per heavy atom. The van der Waals surface area contributed by atoms with Gasteiger partial charge in [-0.3, -0.25) is 4.79 Å². The molecule has 0 amide bonds. The minimum absolute atomic E-state index is 0.0284. The fourth-order valence-corrected chi connectivity index (χ4v) is 3.09. The maximum absolute atomic E-state index is 14.0. The summed E-state index contributed by atoms with van der Waals surface area (Å²) in [6, 6.07) is 10.0. The molecule has 0 aliphatic rings. The molecule has 0 fully saturated rings. The fourth-order valence-electron chi connectivity index (χ4n) is 2.97. The molecule has 3 aromatic rings. The number of carbonyl (C=O) groups excluding carboxylic acids is 1. The van der Waals surface area contributed by atoms with Crippen molar-refractivity contribution in [2.75, 3.05) is 0 Å². The minimum atomic E-state index is -0.541. The molecule has 1 aromatic heterocycles. The number of halogens is 2. The highest BCUT2D eigenvalue weighted by molar-refractivity contribution is 6.30. The van der Waals surface area contributed by atoms with Crippen LogP contribution < -0.4 is 5.56 Å². The lowest BCUT2D eigenvalue weighted by Gasteiger charge is -2.17. The van der Waals surface area contributed by atoms with Gasteiger partial charge in [0.15, 0.2) is 0 Å². The van der Waals surface area contributed by atoms with Gasteiger partial charge in [0, 0.05) is 30.1 Å². The van der Waals surface area contributed by atoms with Gasteiger partial charge < -0.3 is 9.36 Å². The standard InChI is InChI=1S/C19H15ClFNO2/c1-11-3-5-13-14(9-11)19(24)22(2)17(7-8-23)18(13)12-4-6-15(20)16(21)10-12/h3-6,8-10H,7H2,1-2H3. The summed E-state index contributed by atoms with van der Waals surface area (Å²) < 4.78 is 15.4. The van der Waals surface area contributed by atoms with Gasteiger partial charge in [0.1, 0.15) is 12.1 Å². The van der Waals surface area contributed by atoms with Gasteiger partial charge in [-0.2, -0.15) is 0 Å². The molecule has 0 N–H and O–H groups in total. The van der Waals surface area contributed by atoms with E-state index in [0.29, 0.717) is 27.6 Å². The normalized spacial score (nSPS) is 11.0. The molecule has 0 aliphatic heterocycles. The molecular formula is C19H15ClFNO2. The average Bonchev–Trinajstić information content (AvgIpc) is 2.56. The number of aldehydes is 1. The highest BCUT2D eigenvalue weighted by atomic mass is 35.5. The summed E-state index contributed by atoms with van der Waals surface area (Å²) in [5, 5.41) is 1.26. The van der Waals surface area contributed by atoms with E-state index in [1.807, 2.05) is 19.1 Å². The Morgan fingerprint density at radius 2 is 1.92 bits per heavy atom. The smallest absolute Gasteiger partial charge is 0.258 e. The molecular weight excluding hydrogens is 329 g/mol. The second-order valence-electron chi connectivity index (χ2n) is 5.73. The van der Waals surface area contributed by atoms with E-state index in [0.717, 1.165) is 11.8 Å². The van der Waals surface area contributed by atoms with E-state index in [1.54, 1.807) is 19.2 Å². The van der Waals surface area contributed by atoms with Crippen LogP contribution in [0.4, 0.5) is 4.39 Å². The van der Waals surface area contributed by atoms with E-state index in [2.05, 4.69) is 0 Å². The number of aryl methyl sites for hydroxylation is 1. The van der Waals surface area contributed by atoms with E-state index in [9.17, 15) is 14.0 Å². The van der Waals surface area contributed by atoms with E-state index in [1.165, 1.54) is 16.7 Å². The Bertz CT molecular complexity index is 1020. The average molecular weight is 344 g/mol. The highest BCUT2D eigenvalue weighted by Crippen LogP contribution is 2.32. The van der Waals surface area contributed by atoms with Crippen LogP contribution in [0.1, 0.15) is 11.3 Å². The zero-order valence-corrected chi connectivity index (χ0v) is 14.0. The van der Waals surface area contributed by atoms with Crippen molar-refractivity contribution in [2.24, 2.45) is 7.05 Å². The number of hydrogen-bond donors (Lipinski definition) is 0. The summed E-state index contributed by atoms with van der Waals surface area (Å²) >= 11 is 5.78. The van der Waals surface area contributed by atoms with Crippen LogP contribution in [0.5, 0.6) is 0 Å². The number of rotatable bonds is 3. The summed E-state index contributed by atoms with van der Waals surface area (Å²) in [6.07, 6.45) is 0.805. The summed E-state index contributed by atoms with van der Waals surface area (Å²) in [4.78, 5) is 23.8. The van der Waals surface area contributed by atoms with Crippen LogP contribution in [0.15, 0.2) is 41.2 Å². The molecule has 24 heavy (non-hydrogen) atoms. The third-order valence-electron chi connectivity index (χ3n) is 4.16.